The molecule has 1 unspecified atom stereocenters. The lowest BCUT2D eigenvalue weighted by molar-refractivity contribution is 0.212. The number of nitrogens with two attached hydrogens (primary N) is 1. The Kier molecular flexibility index (Phi) is 3.77. The van der Waals surface area contributed by atoms with Gasteiger partial charge in [-0.3, -0.25) is 0 Å². The number of hydrogen-bond acceptors (Lipinski definition) is 3. The van der Waals surface area contributed by atoms with Crippen molar-refractivity contribution in [3.63, 3.8) is 0 Å². The molecule has 1 atom stereocenters. The lowest BCUT2D eigenvalue weighted by atomic mass is 10.1. The lowest BCUT2D eigenvalue weighted by Gasteiger charge is -2.35. The largest absolute Gasteiger partial charge is 0.487 e. The Morgan fingerprint density at radius 1 is 1.41 bits per heavy atom. The van der Waals surface area contributed by atoms with Crippen molar-refractivity contribution in [2.45, 2.75) is 39.2 Å². The number of nitrogen functional groups attached to an aromatic ring is 1. The van der Waals surface area contributed by atoms with Gasteiger partial charge in [-0.2, -0.15) is 0 Å². The highest BCUT2D eigenvalue weighted by Crippen LogP contribution is 2.35. The molecule has 1 aromatic carbocycles. The third-order valence-electron chi connectivity index (χ3n) is 3.16. The first kappa shape index (κ1) is 12.1. The van der Waals surface area contributed by atoms with Crippen LogP contribution in [-0.4, -0.2) is 19.2 Å². The van der Waals surface area contributed by atoms with Gasteiger partial charge in [0, 0.05) is 12.2 Å². The second-order valence-corrected chi connectivity index (χ2v) is 4.81. The number of hydrogen-bond donors (Lipinski definition) is 1. The van der Waals surface area contributed by atoms with Gasteiger partial charge in [-0.1, -0.05) is 19.8 Å². The number of ether oxygens (including phenoxy) is 1. The molecule has 3 heteroatoms. The zero-order valence-corrected chi connectivity index (χ0v) is 10.8. The van der Waals surface area contributed by atoms with Crippen LogP contribution in [0.5, 0.6) is 5.75 Å². The van der Waals surface area contributed by atoms with Crippen LogP contribution in [0.4, 0.5) is 11.4 Å². The number of anilines is 2. The third-order valence-corrected chi connectivity index (χ3v) is 3.16. The fourth-order valence-corrected chi connectivity index (χ4v) is 2.31. The molecule has 0 bridgehead atoms. The molecule has 1 aliphatic heterocycles. The molecule has 0 aliphatic carbocycles. The molecule has 17 heavy (non-hydrogen) atoms. The molecule has 94 valence electrons. The summed E-state index contributed by atoms with van der Waals surface area (Å²) >= 11 is 0. The van der Waals surface area contributed by atoms with Crippen molar-refractivity contribution in [1.29, 1.82) is 0 Å². The first-order valence-corrected chi connectivity index (χ1v) is 6.52. The predicted octanol–water partition coefficient (Wildman–Crippen LogP) is 3.05. The van der Waals surface area contributed by atoms with E-state index in [2.05, 4.69) is 18.7 Å². The topological polar surface area (TPSA) is 38.5 Å². The van der Waals surface area contributed by atoms with Crippen molar-refractivity contribution in [1.82, 2.24) is 0 Å². The van der Waals surface area contributed by atoms with Crippen LogP contribution in [0.2, 0.25) is 0 Å². The number of rotatable bonds is 4. The molecule has 1 heterocycles. The maximum atomic E-state index is 5.85. The van der Waals surface area contributed by atoms with Crippen molar-refractivity contribution in [2.75, 3.05) is 23.7 Å². The van der Waals surface area contributed by atoms with Gasteiger partial charge >= 0.3 is 0 Å². The minimum atomic E-state index is 0.257. The Bertz CT molecular complexity index is 378. The van der Waals surface area contributed by atoms with Crippen molar-refractivity contribution in [3.05, 3.63) is 18.2 Å². The zero-order chi connectivity index (χ0) is 12.3. The van der Waals surface area contributed by atoms with Crippen molar-refractivity contribution in [3.8, 4) is 5.75 Å². The average Bonchev–Trinajstić information content (AvgIpc) is 2.30. The molecule has 1 aromatic rings. The molecule has 0 saturated heterocycles. The highest BCUT2D eigenvalue weighted by molar-refractivity contribution is 5.66. The Morgan fingerprint density at radius 2 is 2.24 bits per heavy atom. The molecule has 2 rings (SSSR count). The third kappa shape index (κ3) is 2.84. The predicted molar refractivity (Wildman–Crippen MR) is 72.7 cm³/mol. The minimum absolute atomic E-state index is 0.257. The number of nitrogens with zero attached hydrogens (tertiary/aromatic N) is 1. The van der Waals surface area contributed by atoms with Gasteiger partial charge in [0.25, 0.3) is 0 Å². The van der Waals surface area contributed by atoms with Gasteiger partial charge in [0.2, 0.25) is 0 Å². The number of unbranched alkanes of at least 4 members (excludes halogenated alkanes) is 2. The van der Waals surface area contributed by atoms with Crippen LogP contribution in [-0.2, 0) is 0 Å². The highest BCUT2D eigenvalue weighted by atomic mass is 16.5. The summed E-state index contributed by atoms with van der Waals surface area (Å²) in [7, 11) is 0. The monoisotopic (exact) mass is 234 g/mol. The van der Waals surface area contributed by atoms with E-state index >= 15 is 0 Å². The SMILES string of the molecule is CCCCCN1CC(C)Oc2ccc(N)cc21. The normalized spacial score (nSPS) is 18.7. The molecule has 0 spiro atoms. The van der Waals surface area contributed by atoms with Crippen LogP contribution in [0.15, 0.2) is 18.2 Å². The van der Waals surface area contributed by atoms with Crippen molar-refractivity contribution < 1.29 is 4.74 Å². The second-order valence-electron chi connectivity index (χ2n) is 4.81. The van der Waals surface area contributed by atoms with Gasteiger partial charge in [0.05, 0.1) is 12.2 Å². The van der Waals surface area contributed by atoms with E-state index in [-0.39, 0.29) is 6.10 Å². The summed E-state index contributed by atoms with van der Waals surface area (Å²) in [6.07, 6.45) is 4.03. The Morgan fingerprint density at radius 3 is 3.00 bits per heavy atom. The van der Waals surface area contributed by atoms with Gasteiger partial charge < -0.3 is 15.4 Å². The molecule has 0 amide bonds. The standard InChI is InChI=1S/C14H22N2O/c1-3-4-5-8-16-10-11(2)17-14-7-6-12(15)9-13(14)16/h6-7,9,11H,3-5,8,10,15H2,1-2H3. The Hall–Kier alpha value is -1.38. The molecule has 2 N–H and O–H groups in total. The van der Waals surface area contributed by atoms with E-state index in [4.69, 9.17) is 10.5 Å². The molecule has 0 aromatic heterocycles. The average molecular weight is 234 g/mol. The first-order chi connectivity index (χ1) is 8.20. The second kappa shape index (κ2) is 5.30. The highest BCUT2D eigenvalue weighted by Gasteiger charge is 2.22. The Balaban J connectivity index is 2.14. The van der Waals surface area contributed by atoms with Crippen LogP contribution in [0.25, 0.3) is 0 Å². The van der Waals surface area contributed by atoms with Gasteiger partial charge in [-0.25, -0.2) is 0 Å². The van der Waals surface area contributed by atoms with Crippen LogP contribution in [0.3, 0.4) is 0 Å². The molecule has 1 aliphatic rings. The molecule has 0 radical (unpaired) electrons. The Labute approximate surface area is 104 Å². The summed E-state index contributed by atoms with van der Waals surface area (Å²) in [6, 6.07) is 5.90. The van der Waals surface area contributed by atoms with Crippen molar-refractivity contribution in [2.24, 2.45) is 0 Å². The van der Waals surface area contributed by atoms with Crippen LogP contribution in [0, 0.1) is 0 Å². The maximum absolute atomic E-state index is 5.85. The summed E-state index contributed by atoms with van der Waals surface area (Å²) < 4.78 is 5.83. The fourth-order valence-electron chi connectivity index (χ4n) is 2.31. The zero-order valence-electron chi connectivity index (χ0n) is 10.8. The maximum Gasteiger partial charge on any atom is 0.143 e. The molecular weight excluding hydrogens is 212 g/mol. The quantitative estimate of drug-likeness (QED) is 0.643. The van der Waals surface area contributed by atoms with Gasteiger partial charge in [-0.15, -0.1) is 0 Å². The van der Waals surface area contributed by atoms with Crippen LogP contribution in [0.1, 0.15) is 33.1 Å². The van der Waals surface area contributed by atoms with Gasteiger partial charge in [-0.05, 0) is 31.5 Å². The lowest BCUT2D eigenvalue weighted by Crippen LogP contribution is -2.39. The molecule has 3 nitrogen and oxygen atoms in total. The summed E-state index contributed by atoms with van der Waals surface area (Å²) in [5, 5.41) is 0. The molecule has 0 saturated carbocycles. The van der Waals surface area contributed by atoms with Crippen LogP contribution < -0.4 is 15.4 Å². The van der Waals surface area contributed by atoms with E-state index in [1.807, 2.05) is 18.2 Å². The summed E-state index contributed by atoms with van der Waals surface area (Å²) in [4.78, 5) is 2.40. The summed E-state index contributed by atoms with van der Waals surface area (Å²) in [6.45, 7) is 6.40. The first-order valence-electron chi connectivity index (χ1n) is 6.52. The number of fused-ring (bicyclic) bond motifs is 1. The van der Waals surface area contributed by atoms with Crippen LogP contribution >= 0.6 is 0 Å². The van der Waals surface area contributed by atoms with E-state index < -0.39 is 0 Å². The molecular formula is C14H22N2O. The summed E-state index contributed by atoms with van der Waals surface area (Å²) in [5.74, 6) is 0.967. The van der Waals surface area contributed by atoms with Crippen molar-refractivity contribution >= 4 is 11.4 Å². The van der Waals surface area contributed by atoms with Gasteiger partial charge in [0.15, 0.2) is 0 Å². The van der Waals surface area contributed by atoms with Gasteiger partial charge in [0.1, 0.15) is 11.9 Å². The van der Waals surface area contributed by atoms with E-state index in [0.29, 0.717) is 0 Å². The number of benzene rings is 1. The summed E-state index contributed by atoms with van der Waals surface area (Å²) in [5.41, 5.74) is 7.81. The molecule has 0 fully saturated rings. The van der Waals surface area contributed by atoms with E-state index in [0.717, 1.165) is 30.2 Å². The smallest absolute Gasteiger partial charge is 0.143 e. The van der Waals surface area contributed by atoms with E-state index in [1.165, 1.54) is 19.3 Å². The minimum Gasteiger partial charge on any atom is -0.487 e. The fraction of sp³-hybridized carbons (Fsp3) is 0.571. The van der Waals surface area contributed by atoms with E-state index in [1.54, 1.807) is 0 Å². The van der Waals surface area contributed by atoms with E-state index in [9.17, 15) is 0 Å².